The van der Waals surface area contributed by atoms with E-state index in [0.717, 1.165) is 19.1 Å². The lowest BCUT2D eigenvalue weighted by atomic mass is 9.69. The summed E-state index contributed by atoms with van der Waals surface area (Å²) in [6.07, 6.45) is 3.19. The minimum Gasteiger partial charge on any atom is -0.303 e. The number of benzene rings is 1. The third-order valence-corrected chi connectivity index (χ3v) is 3.33. The largest absolute Gasteiger partial charge is 0.303 e. The topological polar surface area (TPSA) is 17.1 Å². The molecule has 0 heterocycles. The Morgan fingerprint density at radius 3 is 2.79 bits per heavy atom. The van der Waals surface area contributed by atoms with Gasteiger partial charge in [-0.15, -0.1) is 0 Å². The third-order valence-electron chi connectivity index (χ3n) is 3.33. The summed E-state index contributed by atoms with van der Waals surface area (Å²) in [5.41, 5.74) is 2.82. The van der Waals surface area contributed by atoms with Gasteiger partial charge in [-0.1, -0.05) is 38.1 Å². The van der Waals surface area contributed by atoms with Gasteiger partial charge in [0.25, 0.3) is 0 Å². The molecule has 1 atom stereocenters. The molecule has 0 saturated heterocycles. The molecule has 1 unspecified atom stereocenters. The minimum atomic E-state index is 0.124. The highest BCUT2D eigenvalue weighted by Crippen LogP contribution is 2.41. The molecule has 0 aromatic heterocycles. The Labute approximate surface area is 85.1 Å². The van der Waals surface area contributed by atoms with Gasteiger partial charge in [0, 0.05) is 5.92 Å². The fraction of sp³-hybridized carbons (Fsp3) is 0.462. The predicted molar refractivity (Wildman–Crippen MR) is 57.5 cm³/mol. The highest BCUT2D eigenvalue weighted by atomic mass is 16.1. The fourth-order valence-corrected chi connectivity index (χ4v) is 2.38. The number of rotatable bonds is 1. The first-order valence-electron chi connectivity index (χ1n) is 5.20. The van der Waals surface area contributed by atoms with Crippen LogP contribution in [0.25, 0.3) is 0 Å². The second-order valence-electron chi connectivity index (χ2n) is 4.75. The van der Waals surface area contributed by atoms with Crippen LogP contribution in [-0.2, 0) is 10.2 Å². The number of carbonyl (C=O) groups is 1. The molecule has 1 aliphatic carbocycles. The van der Waals surface area contributed by atoms with Crippen LogP contribution in [0.2, 0.25) is 0 Å². The van der Waals surface area contributed by atoms with Crippen LogP contribution in [0.3, 0.4) is 0 Å². The van der Waals surface area contributed by atoms with Crippen LogP contribution in [0.4, 0.5) is 0 Å². The van der Waals surface area contributed by atoms with Gasteiger partial charge in [-0.3, -0.25) is 0 Å². The zero-order valence-electron chi connectivity index (χ0n) is 8.79. The first-order chi connectivity index (χ1) is 6.65. The SMILES string of the molecule is CC1(C)CCC(C=O)c2ccccc21. The van der Waals surface area contributed by atoms with E-state index in [2.05, 4.69) is 32.0 Å². The van der Waals surface area contributed by atoms with Gasteiger partial charge in [-0.2, -0.15) is 0 Å². The molecule has 1 aromatic carbocycles. The lowest BCUT2D eigenvalue weighted by Gasteiger charge is -2.35. The van der Waals surface area contributed by atoms with E-state index in [0.29, 0.717) is 0 Å². The number of carbonyl (C=O) groups excluding carboxylic acids is 1. The van der Waals surface area contributed by atoms with Crippen molar-refractivity contribution in [3.05, 3.63) is 35.4 Å². The molecule has 0 N–H and O–H groups in total. The lowest BCUT2D eigenvalue weighted by Crippen LogP contribution is -2.26. The van der Waals surface area contributed by atoms with Gasteiger partial charge < -0.3 is 4.79 Å². The van der Waals surface area contributed by atoms with Gasteiger partial charge in [-0.25, -0.2) is 0 Å². The summed E-state index contributed by atoms with van der Waals surface area (Å²) in [6, 6.07) is 8.34. The van der Waals surface area contributed by atoms with Crippen molar-refractivity contribution in [1.29, 1.82) is 0 Å². The average Bonchev–Trinajstić information content (AvgIpc) is 2.18. The van der Waals surface area contributed by atoms with Crippen LogP contribution in [0, 0.1) is 0 Å². The van der Waals surface area contributed by atoms with E-state index in [4.69, 9.17) is 0 Å². The normalized spacial score (nSPS) is 24.0. The molecule has 1 heteroatoms. The van der Waals surface area contributed by atoms with E-state index in [9.17, 15) is 4.79 Å². The van der Waals surface area contributed by atoms with Crippen molar-refractivity contribution in [1.82, 2.24) is 0 Å². The molecule has 0 spiro atoms. The van der Waals surface area contributed by atoms with Gasteiger partial charge in [-0.05, 0) is 29.4 Å². The number of hydrogen-bond acceptors (Lipinski definition) is 1. The van der Waals surface area contributed by atoms with Crippen molar-refractivity contribution in [2.75, 3.05) is 0 Å². The maximum absolute atomic E-state index is 10.9. The molecule has 2 rings (SSSR count). The molecule has 1 aromatic rings. The second-order valence-corrected chi connectivity index (χ2v) is 4.75. The first kappa shape index (κ1) is 9.45. The molecule has 0 aliphatic heterocycles. The Morgan fingerprint density at radius 1 is 1.36 bits per heavy atom. The minimum absolute atomic E-state index is 0.124. The van der Waals surface area contributed by atoms with E-state index in [1.165, 1.54) is 11.1 Å². The first-order valence-corrected chi connectivity index (χ1v) is 5.20. The van der Waals surface area contributed by atoms with Gasteiger partial charge >= 0.3 is 0 Å². The Hall–Kier alpha value is -1.11. The summed E-state index contributed by atoms with van der Waals surface area (Å²) >= 11 is 0. The summed E-state index contributed by atoms with van der Waals surface area (Å²) in [6.45, 7) is 4.51. The van der Waals surface area contributed by atoms with Crippen LogP contribution in [0.15, 0.2) is 24.3 Å². The maximum atomic E-state index is 10.9. The number of aldehydes is 1. The van der Waals surface area contributed by atoms with Gasteiger partial charge in [0.05, 0.1) is 0 Å². The van der Waals surface area contributed by atoms with Crippen LogP contribution in [0.1, 0.15) is 43.7 Å². The highest BCUT2D eigenvalue weighted by molar-refractivity contribution is 5.64. The summed E-state index contributed by atoms with van der Waals surface area (Å²) in [4.78, 5) is 10.9. The van der Waals surface area contributed by atoms with E-state index < -0.39 is 0 Å². The van der Waals surface area contributed by atoms with Crippen molar-refractivity contribution >= 4 is 6.29 Å². The van der Waals surface area contributed by atoms with E-state index in [-0.39, 0.29) is 11.3 Å². The Morgan fingerprint density at radius 2 is 2.07 bits per heavy atom. The molecule has 0 radical (unpaired) electrons. The molecule has 0 fully saturated rings. The molecule has 0 saturated carbocycles. The highest BCUT2D eigenvalue weighted by Gasteiger charge is 2.31. The summed E-state index contributed by atoms with van der Waals surface area (Å²) in [7, 11) is 0. The van der Waals surface area contributed by atoms with Gasteiger partial charge in [0.1, 0.15) is 6.29 Å². The Balaban J connectivity index is 2.54. The van der Waals surface area contributed by atoms with Crippen molar-refractivity contribution in [2.45, 2.75) is 38.0 Å². The smallest absolute Gasteiger partial charge is 0.127 e. The summed E-state index contributed by atoms with van der Waals surface area (Å²) in [5, 5.41) is 0. The zero-order chi connectivity index (χ0) is 10.2. The standard InChI is InChI=1S/C13H16O/c1-13(2)8-7-10(9-14)11-5-3-4-6-12(11)13/h3-6,9-10H,7-8H2,1-2H3. The summed E-state index contributed by atoms with van der Waals surface area (Å²) < 4.78 is 0. The molecular formula is C13H16O. The third kappa shape index (κ3) is 1.37. The zero-order valence-corrected chi connectivity index (χ0v) is 8.79. The molecule has 0 amide bonds. The lowest BCUT2D eigenvalue weighted by molar-refractivity contribution is -0.109. The Kier molecular flexibility index (Phi) is 2.18. The maximum Gasteiger partial charge on any atom is 0.127 e. The molecule has 14 heavy (non-hydrogen) atoms. The number of fused-ring (bicyclic) bond motifs is 1. The Bertz CT molecular complexity index is 352. The van der Waals surface area contributed by atoms with E-state index in [1.807, 2.05) is 6.07 Å². The van der Waals surface area contributed by atoms with Crippen LogP contribution in [0.5, 0.6) is 0 Å². The second kappa shape index (κ2) is 3.23. The molecule has 0 bridgehead atoms. The summed E-state index contributed by atoms with van der Waals surface area (Å²) in [5.74, 6) is 0.124. The van der Waals surface area contributed by atoms with Crippen LogP contribution in [-0.4, -0.2) is 6.29 Å². The van der Waals surface area contributed by atoms with E-state index in [1.54, 1.807) is 0 Å². The van der Waals surface area contributed by atoms with Crippen molar-refractivity contribution < 1.29 is 4.79 Å². The van der Waals surface area contributed by atoms with Crippen LogP contribution < -0.4 is 0 Å². The molecule has 1 aliphatic rings. The quantitative estimate of drug-likeness (QED) is 0.619. The number of hydrogen-bond donors (Lipinski definition) is 0. The monoisotopic (exact) mass is 188 g/mol. The van der Waals surface area contributed by atoms with Crippen molar-refractivity contribution in [2.24, 2.45) is 0 Å². The van der Waals surface area contributed by atoms with E-state index >= 15 is 0 Å². The molecule has 1 nitrogen and oxygen atoms in total. The molecule has 74 valence electrons. The van der Waals surface area contributed by atoms with Crippen molar-refractivity contribution in [3.8, 4) is 0 Å². The van der Waals surface area contributed by atoms with Crippen molar-refractivity contribution in [3.63, 3.8) is 0 Å². The van der Waals surface area contributed by atoms with Gasteiger partial charge in [0.15, 0.2) is 0 Å². The predicted octanol–water partition coefficient (Wildman–Crippen LogP) is 3.04. The fourth-order valence-electron chi connectivity index (χ4n) is 2.38. The van der Waals surface area contributed by atoms with Crippen LogP contribution >= 0.6 is 0 Å². The van der Waals surface area contributed by atoms with Gasteiger partial charge in [0.2, 0.25) is 0 Å². The average molecular weight is 188 g/mol. The molecular weight excluding hydrogens is 172 g/mol.